The Hall–Kier alpha value is -4.34. The number of guanidine groups is 1. The predicted molar refractivity (Wildman–Crippen MR) is 194 cm³/mol. The van der Waals surface area contributed by atoms with Gasteiger partial charge in [-0.1, -0.05) is 67.3 Å². The fourth-order valence-electron chi connectivity index (χ4n) is 8.71. The standard InChI is InChI=1S/C40H45N3O7S/c1-2-24-21-36(51(46,47)48)35-20-30-17-29(19-33-16-23(22-44)4-3-5-28-18-31(45)12-15-34(28)38(30)49-33)37(35)26-6-8-27(9-7-26)39(43-40(41)42)50-32-13-10-25(24)11-14-32/h6-15,18,20,23-24,29,33,35-39,44-45H,2,4,16-17,19,21-22H2,1H3,(H4,41,42,43)(H,46,47,48). The molecule has 0 spiro atoms. The molecule has 6 aliphatic heterocycles. The number of benzene rings is 3. The van der Waals surface area contributed by atoms with Crippen molar-refractivity contribution in [2.45, 2.75) is 81.0 Å². The highest BCUT2D eigenvalue weighted by atomic mass is 32.2. The molecular formula is C40H45N3O7S. The van der Waals surface area contributed by atoms with Crippen LogP contribution in [0.15, 0.2) is 83.4 Å². The molecular weight excluding hydrogens is 667 g/mol. The van der Waals surface area contributed by atoms with E-state index >= 15 is 0 Å². The number of aliphatic hydroxyl groups excluding tert-OH is 1. The van der Waals surface area contributed by atoms with E-state index in [1.807, 2.05) is 67.6 Å². The molecule has 0 radical (unpaired) electrons. The number of nitrogens with zero attached hydrogens (tertiary/aromatic N) is 1. The molecule has 0 saturated carbocycles. The highest BCUT2D eigenvalue weighted by Gasteiger charge is 2.47. The molecule has 6 heterocycles. The molecule has 0 aromatic heterocycles. The van der Waals surface area contributed by atoms with Crippen LogP contribution in [0.3, 0.4) is 0 Å². The Labute approximate surface area is 299 Å². The van der Waals surface area contributed by atoms with E-state index in [9.17, 15) is 23.2 Å². The van der Waals surface area contributed by atoms with Crippen molar-refractivity contribution in [2.24, 2.45) is 34.2 Å². The Morgan fingerprint density at radius 3 is 2.39 bits per heavy atom. The third kappa shape index (κ3) is 7.37. The summed E-state index contributed by atoms with van der Waals surface area (Å²) in [5.41, 5.74) is 16.6. The van der Waals surface area contributed by atoms with Crippen molar-refractivity contribution >= 4 is 16.1 Å². The molecule has 9 unspecified atom stereocenters. The smallest absolute Gasteiger partial charge is 0.268 e. The molecule has 10 nitrogen and oxygen atoms in total. The molecule has 8 bridgehead atoms. The van der Waals surface area contributed by atoms with Gasteiger partial charge >= 0.3 is 0 Å². The van der Waals surface area contributed by atoms with E-state index in [0.29, 0.717) is 43.4 Å². The number of aliphatic hydroxyl groups is 1. The van der Waals surface area contributed by atoms with Crippen LogP contribution in [0.2, 0.25) is 0 Å². The van der Waals surface area contributed by atoms with Gasteiger partial charge in [-0.15, -0.1) is 0 Å². The molecule has 3 aromatic carbocycles. The van der Waals surface area contributed by atoms with E-state index in [4.69, 9.17) is 20.9 Å². The van der Waals surface area contributed by atoms with Crippen LogP contribution in [-0.4, -0.2) is 47.1 Å². The van der Waals surface area contributed by atoms with Crippen LogP contribution >= 0.6 is 0 Å². The van der Waals surface area contributed by atoms with Crippen LogP contribution in [-0.2, 0) is 14.9 Å². The zero-order chi connectivity index (χ0) is 35.9. The Morgan fingerprint density at radius 2 is 1.71 bits per heavy atom. The second-order valence-electron chi connectivity index (χ2n) is 14.4. The van der Waals surface area contributed by atoms with Crippen molar-refractivity contribution < 1.29 is 32.7 Å². The van der Waals surface area contributed by atoms with Gasteiger partial charge in [-0.25, -0.2) is 4.99 Å². The van der Waals surface area contributed by atoms with Crippen molar-refractivity contribution in [1.82, 2.24) is 0 Å². The number of ether oxygens (including phenoxy) is 2. The van der Waals surface area contributed by atoms with Gasteiger partial charge in [-0.3, -0.25) is 4.55 Å². The van der Waals surface area contributed by atoms with Crippen molar-refractivity contribution in [1.29, 1.82) is 0 Å². The predicted octanol–water partition coefficient (Wildman–Crippen LogP) is 5.83. The van der Waals surface area contributed by atoms with E-state index in [0.717, 1.165) is 27.8 Å². The van der Waals surface area contributed by atoms with Crippen LogP contribution in [0.25, 0.3) is 0 Å². The maximum absolute atomic E-state index is 13.7. The fraction of sp³-hybridized carbons (Fsp3) is 0.425. The molecule has 1 saturated heterocycles. The number of hydrogen-bond donors (Lipinski definition) is 5. The van der Waals surface area contributed by atoms with E-state index < -0.39 is 33.6 Å². The van der Waals surface area contributed by atoms with Crippen molar-refractivity contribution in [3.8, 4) is 23.3 Å². The van der Waals surface area contributed by atoms with E-state index in [-0.39, 0.29) is 54.5 Å². The van der Waals surface area contributed by atoms with Crippen molar-refractivity contribution in [2.75, 3.05) is 6.61 Å². The molecule has 11 heteroatoms. The number of allylic oxidation sites excluding steroid dienone is 1. The van der Waals surface area contributed by atoms with E-state index in [2.05, 4.69) is 16.8 Å². The van der Waals surface area contributed by atoms with Crippen LogP contribution in [0.4, 0.5) is 0 Å². The second-order valence-corrected chi connectivity index (χ2v) is 16.0. The molecule has 10 rings (SSSR count). The third-order valence-electron chi connectivity index (χ3n) is 11.1. The maximum Gasteiger partial charge on any atom is 0.268 e. The highest BCUT2D eigenvalue weighted by molar-refractivity contribution is 7.86. The van der Waals surface area contributed by atoms with Gasteiger partial charge in [0.25, 0.3) is 10.1 Å². The lowest BCUT2D eigenvalue weighted by molar-refractivity contribution is -0.0131. The van der Waals surface area contributed by atoms with Gasteiger partial charge in [0, 0.05) is 35.6 Å². The number of nitrogens with two attached hydrogens (primary N) is 2. The van der Waals surface area contributed by atoms with Crippen LogP contribution in [0.5, 0.6) is 11.5 Å². The molecule has 1 fully saturated rings. The minimum Gasteiger partial charge on any atom is -0.508 e. The number of fused-ring (bicyclic) bond motifs is 7. The molecule has 9 atom stereocenters. The fourth-order valence-corrected chi connectivity index (χ4v) is 9.84. The number of aromatic hydroxyl groups is 1. The molecule has 51 heavy (non-hydrogen) atoms. The molecule has 268 valence electrons. The minimum atomic E-state index is -4.56. The number of aliphatic imine (C=N–C) groups is 1. The lowest BCUT2D eigenvalue weighted by Gasteiger charge is -2.41. The first kappa shape index (κ1) is 35.1. The van der Waals surface area contributed by atoms with Gasteiger partial charge in [0.1, 0.15) is 17.6 Å². The zero-order valence-electron chi connectivity index (χ0n) is 28.6. The highest BCUT2D eigenvalue weighted by Crippen LogP contribution is 2.54. The van der Waals surface area contributed by atoms with Gasteiger partial charge in [-0.05, 0) is 96.7 Å². The number of hydrogen-bond acceptors (Lipinski definition) is 7. The third-order valence-corrected chi connectivity index (χ3v) is 12.4. The first-order valence-electron chi connectivity index (χ1n) is 17.7. The lowest BCUT2D eigenvalue weighted by atomic mass is 9.65. The molecule has 0 amide bonds. The Bertz CT molecular complexity index is 1980. The summed E-state index contributed by atoms with van der Waals surface area (Å²) in [5.74, 6) is 5.72. The quantitative estimate of drug-likeness (QED) is 0.0733. The molecule has 7 aliphatic rings. The Kier molecular flexibility index (Phi) is 9.87. The lowest BCUT2D eigenvalue weighted by Crippen LogP contribution is -2.39. The normalized spacial score (nSPS) is 30.0. The zero-order valence-corrected chi connectivity index (χ0v) is 29.4. The molecule has 7 N–H and O–H groups in total. The van der Waals surface area contributed by atoms with Crippen LogP contribution in [0.1, 0.15) is 97.4 Å². The number of phenols is 1. The van der Waals surface area contributed by atoms with Crippen LogP contribution < -0.4 is 16.2 Å². The first-order valence-corrected chi connectivity index (χ1v) is 19.2. The topological polar surface area (TPSA) is 178 Å². The van der Waals surface area contributed by atoms with Gasteiger partial charge in [0.05, 0.1) is 11.4 Å². The summed E-state index contributed by atoms with van der Waals surface area (Å²) in [6.07, 6.45) is 3.61. The maximum atomic E-state index is 13.7. The monoisotopic (exact) mass is 711 g/mol. The average molecular weight is 712 g/mol. The summed E-state index contributed by atoms with van der Waals surface area (Å²) >= 11 is 0. The number of rotatable bonds is 4. The largest absolute Gasteiger partial charge is 0.508 e. The van der Waals surface area contributed by atoms with Gasteiger partial charge in [0.2, 0.25) is 6.23 Å². The van der Waals surface area contributed by atoms with Crippen LogP contribution in [0, 0.1) is 29.6 Å². The summed E-state index contributed by atoms with van der Waals surface area (Å²) in [6.45, 7) is 1.98. The molecule has 3 aromatic rings. The summed E-state index contributed by atoms with van der Waals surface area (Å²) in [6, 6.07) is 20.4. The summed E-state index contributed by atoms with van der Waals surface area (Å²) in [4.78, 5) is 4.37. The summed E-state index contributed by atoms with van der Waals surface area (Å²) in [7, 11) is -4.56. The average Bonchev–Trinajstić information content (AvgIpc) is 3.23. The van der Waals surface area contributed by atoms with Gasteiger partial charge in [0.15, 0.2) is 5.96 Å². The van der Waals surface area contributed by atoms with E-state index in [1.54, 1.807) is 12.1 Å². The summed E-state index contributed by atoms with van der Waals surface area (Å²) < 4.78 is 51.7. The number of phenolic OH excluding ortho intramolecular Hbond substituents is 1. The van der Waals surface area contributed by atoms with Gasteiger partial charge < -0.3 is 31.2 Å². The van der Waals surface area contributed by atoms with E-state index in [1.165, 1.54) is 0 Å². The van der Waals surface area contributed by atoms with Gasteiger partial charge in [-0.2, -0.15) is 8.42 Å². The first-order chi connectivity index (χ1) is 24.5. The van der Waals surface area contributed by atoms with Crippen molar-refractivity contribution in [3.05, 3.63) is 106 Å². The Morgan fingerprint density at radius 1 is 0.980 bits per heavy atom. The second kappa shape index (κ2) is 14.4. The minimum absolute atomic E-state index is 0.0455. The molecule has 1 aliphatic carbocycles. The SMILES string of the molecule is CCC1CC(S(=O)(=O)O)C2C=C3CC(CC4CC(CO)CC#Cc5cc(O)ccc5C3O4)C2c2ccc(cc2)C(N=C(N)N)Oc2ccc1cc2. The van der Waals surface area contributed by atoms with Crippen molar-refractivity contribution in [3.63, 3.8) is 0 Å². The Balaban J connectivity index is 1.43. The summed E-state index contributed by atoms with van der Waals surface area (Å²) in [5, 5.41) is 19.6.